The van der Waals surface area contributed by atoms with E-state index >= 15 is 0 Å². The first kappa shape index (κ1) is 27.3. The molecule has 1 fully saturated rings. The quantitative estimate of drug-likeness (QED) is 0.182. The number of rotatable bonds is 19. The van der Waals surface area contributed by atoms with Gasteiger partial charge in [-0.3, -0.25) is 14.4 Å². The van der Waals surface area contributed by atoms with Crippen molar-refractivity contribution in [3.8, 4) is 0 Å². The summed E-state index contributed by atoms with van der Waals surface area (Å²) in [5.41, 5.74) is 0. The summed E-state index contributed by atoms with van der Waals surface area (Å²) in [4.78, 5) is 45.8. The first-order chi connectivity index (χ1) is 15.0. The van der Waals surface area contributed by atoms with Gasteiger partial charge in [0, 0.05) is 6.42 Å². The number of hydrogen-bond donors (Lipinski definition) is 1. The van der Waals surface area contributed by atoms with Crippen LogP contribution in [0.25, 0.3) is 0 Å². The Morgan fingerprint density at radius 2 is 1.29 bits per heavy atom. The number of cyclic esters (lactones) is 1. The van der Waals surface area contributed by atoms with E-state index in [0.29, 0.717) is 6.42 Å². The maximum atomic E-state index is 11.9. The van der Waals surface area contributed by atoms with Gasteiger partial charge in [0.25, 0.3) is 5.78 Å². The van der Waals surface area contributed by atoms with E-state index in [9.17, 15) is 24.3 Å². The highest BCUT2D eigenvalue weighted by Crippen LogP contribution is 2.16. The van der Waals surface area contributed by atoms with Crippen LogP contribution in [-0.2, 0) is 28.7 Å². The standard InChI is InChI=1S/C24H40O7/c1-2-3-4-5-6-7-8-9-10-11-12-13-14-15-16-17-20(26)30-19(18-25)23-21(27)22(28)24(29)31-23/h19,23,25H,2-18H2,1H3/t19-,23+/m0/s1. The summed E-state index contributed by atoms with van der Waals surface area (Å²) in [6, 6.07) is 0. The van der Waals surface area contributed by atoms with Crippen molar-refractivity contribution in [2.75, 3.05) is 6.61 Å². The molecule has 7 heteroatoms. The minimum Gasteiger partial charge on any atom is -0.455 e. The molecule has 0 aromatic carbocycles. The van der Waals surface area contributed by atoms with Gasteiger partial charge in [-0.2, -0.15) is 0 Å². The largest absolute Gasteiger partial charge is 0.455 e. The number of ether oxygens (including phenoxy) is 2. The van der Waals surface area contributed by atoms with Gasteiger partial charge < -0.3 is 14.6 Å². The van der Waals surface area contributed by atoms with E-state index in [0.717, 1.165) is 19.3 Å². The Morgan fingerprint density at radius 1 is 0.839 bits per heavy atom. The Bertz CT molecular complexity index is 558. The summed E-state index contributed by atoms with van der Waals surface area (Å²) in [5, 5.41) is 9.30. The van der Waals surface area contributed by atoms with Gasteiger partial charge in [-0.1, -0.05) is 96.8 Å². The van der Waals surface area contributed by atoms with Crippen molar-refractivity contribution in [3.05, 3.63) is 0 Å². The number of Topliss-reactive ketones (excluding diaryl/α,β-unsaturated/α-hetero) is 2. The Balaban J connectivity index is 1.96. The monoisotopic (exact) mass is 440 g/mol. The molecule has 2 atom stereocenters. The molecule has 1 N–H and O–H groups in total. The summed E-state index contributed by atoms with van der Waals surface area (Å²) in [6.07, 6.45) is 15.7. The van der Waals surface area contributed by atoms with Gasteiger partial charge in [0.2, 0.25) is 6.10 Å². The molecule has 0 aliphatic carbocycles. The number of ketones is 2. The molecule has 0 bridgehead atoms. The molecule has 0 unspecified atom stereocenters. The van der Waals surface area contributed by atoms with Crippen LogP contribution >= 0.6 is 0 Å². The molecule has 31 heavy (non-hydrogen) atoms. The third-order valence-corrected chi connectivity index (χ3v) is 5.69. The molecule has 1 aliphatic heterocycles. The molecule has 1 aliphatic rings. The second-order valence-corrected chi connectivity index (χ2v) is 8.43. The lowest BCUT2D eigenvalue weighted by atomic mass is 10.0. The molecule has 1 saturated heterocycles. The van der Waals surface area contributed by atoms with Crippen LogP contribution in [0, 0.1) is 0 Å². The third-order valence-electron chi connectivity index (χ3n) is 5.69. The zero-order valence-electron chi connectivity index (χ0n) is 19.1. The number of esters is 2. The average Bonchev–Trinajstić information content (AvgIpc) is 3.02. The number of hydrogen-bond acceptors (Lipinski definition) is 7. The topological polar surface area (TPSA) is 107 Å². The van der Waals surface area contributed by atoms with Crippen molar-refractivity contribution in [3.63, 3.8) is 0 Å². The molecular formula is C24H40O7. The minimum atomic E-state index is -1.53. The SMILES string of the molecule is CCCCCCCCCCCCCCCCCC(=O)O[C@@H](CO)[C@H]1OC(=O)C(=O)C1=O. The van der Waals surface area contributed by atoms with Crippen LogP contribution in [0.5, 0.6) is 0 Å². The van der Waals surface area contributed by atoms with Gasteiger partial charge in [0.15, 0.2) is 6.10 Å². The van der Waals surface area contributed by atoms with E-state index in [1.54, 1.807) is 0 Å². The highest BCUT2D eigenvalue weighted by Gasteiger charge is 2.47. The second kappa shape index (κ2) is 16.9. The fourth-order valence-corrected chi connectivity index (χ4v) is 3.76. The lowest BCUT2D eigenvalue weighted by Crippen LogP contribution is -2.39. The number of unbranched alkanes of at least 4 members (excludes halogenated alkanes) is 14. The highest BCUT2D eigenvalue weighted by molar-refractivity contribution is 6.65. The van der Waals surface area contributed by atoms with Gasteiger partial charge in [-0.05, 0) is 6.42 Å². The Labute approximate surface area is 186 Å². The van der Waals surface area contributed by atoms with Crippen LogP contribution in [0.1, 0.15) is 110 Å². The first-order valence-corrected chi connectivity index (χ1v) is 12.1. The summed E-state index contributed by atoms with van der Waals surface area (Å²) in [5.74, 6) is -4.20. The van der Waals surface area contributed by atoms with Gasteiger partial charge >= 0.3 is 17.7 Å². The van der Waals surface area contributed by atoms with E-state index in [4.69, 9.17) is 4.74 Å². The molecule has 0 amide bonds. The molecule has 178 valence electrons. The molecule has 1 heterocycles. The van der Waals surface area contributed by atoms with Crippen LogP contribution in [0.2, 0.25) is 0 Å². The molecule has 1 rings (SSSR count). The van der Waals surface area contributed by atoms with Gasteiger partial charge in [0.1, 0.15) is 0 Å². The fraction of sp³-hybridized carbons (Fsp3) is 0.833. The number of carbonyl (C=O) groups is 4. The van der Waals surface area contributed by atoms with Crippen molar-refractivity contribution < 1.29 is 33.8 Å². The molecular weight excluding hydrogens is 400 g/mol. The molecule has 0 radical (unpaired) electrons. The average molecular weight is 441 g/mol. The summed E-state index contributed by atoms with van der Waals surface area (Å²) in [6.45, 7) is 1.55. The van der Waals surface area contributed by atoms with E-state index in [1.807, 2.05) is 0 Å². The van der Waals surface area contributed by atoms with Crippen molar-refractivity contribution in [1.29, 1.82) is 0 Å². The number of aliphatic hydroxyl groups excluding tert-OH is 1. The molecule has 0 saturated carbocycles. The summed E-state index contributed by atoms with van der Waals surface area (Å²) >= 11 is 0. The van der Waals surface area contributed by atoms with E-state index in [2.05, 4.69) is 11.7 Å². The zero-order valence-corrected chi connectivity index (χ0v) is 19.1. The highest BCUT2D eigenvalue weighted by atomic mass is 16.6. The summed E-state index contributed by atoms with van der Waals surface area (Å²) in [7, 11) is 0. The van der Waals surface area contributed by atoms with Crippen LogP contribution in [0.15, 0.2) is 0 Å². The minimum absolute atomic E-state index is 0.164. The van der Waals surface area contributed by atoms with Crippen LogP contribution in [-0.4, -0.2) is 47.4 Å². The van der Waals surface area contributed by atoms with Gasteiger partial charge in [-0.15, -0.1) is 0 Å². The molecule has 0 aromatic heterocycles. The van der Waals surface area contributed by atoms with E-state index < -0.39 is 42.3 Å². The second-order valence-electron chi connectivity index (χ2n) is 8.43. The third kappa shape index (κ3) is 11.4. The van der Waals surface area contributed by atoms with Gasteiger partial charge in [-0.25, -0.2) is 4.79 Å². The van der Waals surface area contributed by atoms with Crippen LogP contribution in [0.4, 0.5) is 0 Å². The smallest absolute Gasteiger partial charge is 0.383 e. The normalized spacial score (nSPS) is 17.1. The number of aliphatic hydroxyl groups is 1. The van der Waals surface area contributed by atoms with Crippen LogP contribution in [0.3, 0.4) is 0 Å². The van der Waals surface area contributed by atoms with Crippen molar-refractivity contribution in [2.24, 2.45) is 0 Å². The lowest BCUT2D eigenvalue weighted by molar-refractivity contribution is -0.166. The zero-order chi connectivity index (χ0) is 22.9. The predicted octanol–water partition coefficient (Wildman–Crippen LogP) is 4.22. The fourth-order valence-electron chi connectivity index (χ4n) is 3.76. The van der Waals surface area contributed by atoms with Crippen molar-refractivity contribution in [2.45, 2.75) is 122 Å². The molecule has 0 aromatic rings. The molecule has 0 spiro atoms. The molecule has 7 nitrogen and oxygen atoms in total. The summed E-state index contributed by atoms with van der Waals surface area (Å²) < 4.78 is 9.63. The van der Waals surface area contributed by atoms with Crippen molar-refractivity contribution >= 4 is 23.5 Å². The van der Waals surface area contributed by atoms with E-state index in [1.165, 1.54) is 70.6 Å². The van der Waals surface area contributed by atoms with E-state index in [-0.39, 0.29) is 6.42 Å². The maximum Gasteiger partial charge on any atom is 0.383 e. The Kier molecular flexibility index (Phi) is 14.8. The Hall–Kier alpha value is -1.76. The van der Waals surface area contributed by atoms with Gasteiger partial charge in [0.05, 0.1) is 6.61 Å². The van der Waals surface area contributed by atoms with Crippen LogP contribution < -0.4 is 0 Å². The lowest BCUT2D eigenvalue weighted by Gasteiger charge is -2.19. The Morgan fingerprint density at radius 3 is 1.68 bits per heavy atom. The number of carbonyl (C=O) groups excluding carboxylic acids is 4. The maximum absolute atomic E-state index is 11.9. The predicted molar refractivity (Wildman–Crippen MR) is 116 cm³/mol. The first-order valence-electron chi connectivity index (χ1n) is 12.1. The van der Waals surface area contributed by atoms with Crippen molar-refractivity contribution in [1.82, 2.24) is 0 Å².